The van der Waals surface area contributed by atoms with E-state index < -0.39 is 17.8 Å². The summed E-state index contributed by atoms with van der Waals surface area (Å²) in [5.74, 6) is 0.832. The van der Waals surface area contributed by atoms with Crippen molar-refractivity contribution >= 4 is 17.5 Å². The molecule has 0 fully saturated rings. The summed E-state index contributed by atoms with van der Waals surface area (Å²) < 4.78 is 56.2. The van der Waals surface area contributed by atoms with E-state index >= 15 is 0 Å². The fraction of sp³-hybridized carbons (Fsp3) is 0.269. The SMILES string of the molecule is COc1cc2c(cc1OC)C(COc1cccc(C(F)(F)F)c1)N(C(=O)c1cccc(Cl)c1)CC2. The molecule has 1 atom stereocenters. The second-order valence-electron chi connectivity index (χ2n) is 8.02. The van der Waals surface area contributed by atoms with E-state index in [0.717, 1.165) is 23.3 Å². The minimum Gasteiger partial charge on any atom is -0.493 e. The highest BCUT2D eigenvalue weighted by Crippen LogP contribution is 2.39. The Balaban J connectivity index is 1.70. The Kier molecular flexibility index (Phi) is 7.12. The number of hydrogen-bond donors (Lipinski definition) is 0. The number of ether oxygens (including phenoxy) is 3. The zero-order valence-electron chi connectivity index (χ0n) is 19.1. The van der Waals surface area contributed by atoms with E-state index in [4.69, 9.17) is 25.8 Å². The number of carbonyl (C=O) groups is 1. The van der Waals surface area contributed by atoms with E-state index in [9.17, 15) is 18.0 Å². The highest BCUT2D eigenvalue weighted by Gasteiger charge is 2.34. The van der Waals surface area contributed by atoms with Gasteiger partial charge < -0.3 is 19.1 Å². The van der Waals surface area contributed by atoms with Crippen LogP contribution in [-0.4, -0.2) is 38.2 Å². The van der Waals surface area contributed by atoms with Crippen LogP contribution >= 0.6 is 11.6 Å². The normalized spacial score (nSPS) is 15.4. The summed E-state index contributed by atoms with van der Waals surface area (Å²) in [5.41, 5.74) is 1.31. The molecule has 0 aliphatic carbocycles. The van der Waals surface area contributed by atoms with Crippen LogP contribution < -0.4 is 14.2 Å². The second-order valence-corrected chi connectivity index (χ2v) is 8.45. The number of amides is 1. The molecule has 1 amide bonds. The lowest BCUT2D eigenvalue weighted by atomic mass is 9.91. The molecule has 1 aliphatic heterocycles. The molecule has 0 bridgehead atoms. The Hall–Kier alpha value is -3.39. The number of carbonyl (C=O) groups excluding carboxylic acids is 1. The van der Waals surface area contributed by atoms with Gasteiger partial charge in [-0.15, -0.1) is 0 Å². The van der Waals surface area contributed by atoms with Crippen molar-refractivity contribution in [3.63, 3.8) is 0 Å². The quantitative estimate of drug-likeness (QED) is 0.400. The smallest absolute Gasteiger partial charge is 0.416 e. The molecule has 9 heteroatoms. The predicted octanol–water partition coefficient (Wildman–Crippen LogP) is 6.19. The van der Waals surface area contributed by atoms with E-state index in [0.29, 0.717) is 35.1 Å². The van der Waals surface area contributed by atoms with Crippen LogP contribution in [0.15, 0.2) is 60.7 Å². The zero-order chi connectivity index (χ0) is 25.2. The monoisotopic (exact) mass is 505 g/mol. The van der Waals surface area contributed by atoms with Gasteiger partial charge in [0.25, 0.3) is 5.91 Å². The lowest BCUT2D eigenvalue weighted by molar-refractivity contribution is -0.137. The van der Waals surface area contributed by atoms with Crippen molar-refractivity contribution in [3.05, 3.63) is 87.9 Å². The molecule has 0 radical (unpaired) electrons. The van der Waals surface area contributed by atoms with Crippen molar-refractivity contribution in [2.24, 2.45) is 0 Å². The van der Waals surface area contributed by atoms with Crippen molar-refractivity contribution in [1.82, 2.24) is 4.90 Å². The minimum absolute atomic E-state index is 0.0579. The molecule has 0 N–H and O–H groups in total. The Morgan fingerprint density at radius 3 is 2.43 bits per heavy atom. The highest BCUT2D eigenvalue weighted by atomic mass is 35.5. The summed E-state index contributed by atoms with van der Waals surface area (Å²) in [6.07, 6.45) is -3.93. The molecular formula is C26H23ClF3NO4. The Morgan fingerprint density at radius 1 is 1.03 bits per heavy atom. The number of fused-ring (bicyclic) bond motifs is 1. The maximum Gasteiger partial charge on any atom is 0.416 e. The molecule has 5 nitrogen and oxygen atoms in total. The van der Waals surface area contributed by atoms with Gasteiger partial charge in [0.05, 0.1) is 25.8 Å². The van der Waals surface area contributed by atoms with Crippen LogP contribution in [0.2, 0.25) is 5.02 Å². The molecule has 0 aromatic heterocycles. The molecule has 1 unspecified atom stereocenters. The first-order chi connectivity index (χ1) is 16.7. The molecule has 1 heterocycles. The van der Waals surface area contributed by atoms with Crippen molar-refractivity contribution < 1.29 is 32.2 Å². The Morgan fingerprint density at radius 2 is 1.74 bits per heavy atom. The Bertz CT molecular complexity index is 1230. The first-order valence-corrected chi connectivity index (χ1v) is 11.2. The molecule has 1 aliphatic rings. The van der Waals surface area contributed by atoms with Crippen molar-refractivity contribution in [3.8, 4) is 17.2 Å². The topological polar surface area (TPSA) is 48.0 Å². The third kappa shape index (κ3) is 5.32. The maximum atomic E-state index is 13.5. The number of nitrogens with zero attached hydrogens (tertiary/aromatic N) is 1. The average Bonchev–Trinajstić information content (AvgIpc) is 2.85. The van der Waals surface area contributed by atoms with E-state index in [1.807, 2.05) is 6.07 Å². The van der Waals surface area contributed by atoms with Gasteiger partial charge in [0, 0.05) is 17.1 Å². The predicted molar refractivity (Wildman–Crippen MR) is 125 cm³/mol. The van der Waals surface area contributed by atoms with Gasteiger partial charge >= 0.3 is 6.18 Å². The zero-order valence-corrected chi connectivity index (χ0v) is 19.8. The molecule has 3 aromatic carbocycles. The molecule has 4 rings (SSSR count). The summed E-state index contributed by atoms with van der Waals surface area (Å²) in [5, 5.41) is 0.427. The van der Waals surface area contributed by atoms with Gasteiger partial charge in [0.1, 0.15) is 12.4 Å². The minimum atomic E-state index is -4.49. The number of rotatable bonds is 6. The van der Waals surface area contributed by atoms with Crippen LogP contribution in [0, 0.1) is 0 Å². The molecule has 0 saturated heterocycles. The van der Waals surface area contributed by atoms with Gasteiger partial charge in [-0.2, -0.15) is 13.2 Å². The summed E-state index contributed by atoms with van der Waals surface area (Å²) in [4.78, 5) is 15.1. The lowest BCUT2D eigenvalue weighted by Crippen LogP contribution is -2.42. The van der Waals surface area contributed by atoms with Crippen molar-refractivity contribution in [2.75, 3.05) is 27.4 Å². The fourth-order valence-corrected chi connectivity index (χ4v) is 4.37. The average molecular weight is 506 g/mol. The largest absolute Gasteiger partial charge is 0.493 e. The van der Waals surface area contributed by atoms with E-state index in [1.165, 1.54) is 26.4 Å². The summed E-state index contributed by atoms with van der Waals surface area (Å²) in [6, 6.07) is 14.3. The van der Waals surface area contributed by atoms with E-state index in [1.54, 1.807) is 35.2 Å². The number of benzene rings is 3. The first-order valence-electron chi connectivity index (χ1n) is 10.8. The summed E-state index contributed by atoms with van der Waals surface area (Å²) in [7, 11) is 3.05. The summed E-state index contributed by atoms with van der Waals surface area (Å²) >= 11 is 6.09. The Labute approximate surface area is 206 Å². The van der Waals surface area contributed by atoms with Gasteiger partial charge in [0.15, 0.2) is 11.5 Å². The molecule has 0 spiro atoms. The van der Waals surface area contributed by atoms with Crippen LogP contribution in [0.25, 0.3) is 0 Å². The first kappa shape index (κ1) is 24.7. The number of methoxy groups -OCH3 is 2. The molecule has 0 saturated carbocycles. The number of alkyl halides is 3. The van der Waals surface area contributed by atoms with Crippen LogP contribution in [-0.2, 0) is 12.6 Å². The molecule has 3 aromatic rings. The van der Waals surface area contributed by atoms with Gasteiger partial charge in [-0.1, -0.05) is 23.7 Å². The van der Waals surface area contributed by atoms with Gasteiger partial charge in [-0.05, 0) is 66.1 Å². The molecule has 35 heavy (non-hydrogen) atoms. The van der Waals surface area contributed by atoms with Gasteiger partial charge in [-0.25, -0.2) is 0 Å². The number of hydrogen-bond acceptors (Lipinski definition) is 4. The molecule has 184 valence electrons. The third-order valence-electron chi connectivity index (χ3n) is 5.90. The van der Waals surface area contributed by atoms with Crippen LogP contribution in [0.5, 0.6) is 17.2 Å². The standard InChI is InChI=1S/C26H23ClF3NO4/c1-33-23-12-16-9-10-31(25(32)17-5-3-7-19(27)11-17)22(21(16)14-24(23)34-2)15-35-20-8-4-6-18(13-20)26(28,29)30/h3-8,11-14,22H,9-10,15H2,1-2H3. The van der Waals surface area contributed by atoms with E-state index in [2.05, 4.69) is 0 Å². The number of halogens is 4. The maximum absolute atomic E-state index is 13.5. The third-order valence-corrected chi connectivity index (χ3v) is 6.14. The lowest BCUT2D eigenvalue weighted by Gasteiger charge is -2.37. The second kappa shape index (κ2) is 10.1. The van der Waals surface area contributed by atoms with Crippen LogP contribution in [0.1, 0.15) is 33.1 Å². The van der Waals surface area contributed by atoms with Gasteiger partial charge in [-0.3, -0.25) is 4.79 Å². The molecular weight excluding hydrogens is 483 g/mol. The van der Waals surface area contributed by atoms with Crippen LogP contribution in [0.4, 0.5) is 13.2 Å². The van der Waals surface area contributed by atoms with Gasteiger partial charge in [0.2, 0.25) is 0 Å². The van der Waals surface area contributed by atoms with Crippen molar-refractivity contribution in [2.45, 2.75) is 18.6 Å². The van der Waals surface area contributed by atoms with Crippen LogP contribution in [0.3, 0.4) is 0 Å². The fourth-order valence-electron chi connectivity index (χ4n) is 4.18. The van der Waals surface area contributed by atoms with E-state index in [-0.39, 0.29) is 18.3 Å². The van der Waals surface area contributed by atoms with Crippen molar-refractivity contribution in [1.29, 1.82) is 0 Å². The highest BCUT2D eigenvalue weighted by molar-refractivity contribution is 6.30. The summed E-state index contributed by atoms with van der Waals surface area (Å²) in [6.45, 7) is 0.320.